The van der Waals surface area contributed by atoms with Crippen LogP contribution in [0.15, 0.2) is 6.33 Å². The molecule has 0 spiro atoms. The fourth-order valence-corrected chi connectivity index (χ4v) is 3.23. The number of hydrogen-bond acceptors (Lipinski definition) is 9. The number of carbonyl (C=O) groups is 1. The molecule has 1 saturated heterocycles. The number of nitrogens with one attached hydrogen (secondary N) is 1. The van der Waals surface area contributed by atoms with E-state index in [0.717, 1.165) is 12.8 Å². The maximum atomic E-state index is 12.0. The van der Waals surface area contributed by atoms with E-state index in [1.165, 1.54) is 6.33 Å². The molecule has 0 aliphatic carbocycles. The number of aliphatic hydroxyl groups is 2. The van der Waals surface area contributed by atoms with Crippen LogP contribution in [-0.2, 0) is 20.7 Å². The number of aliphatic hydroxyl groups excluding tert-OH is 2. The molecule has 4 atom stereocenters. The van der Waals surface area contributed by atoms with E-state index in [9.17, 15) is 15.0 Å². The van der Waals surface area contributed by atoms with E-state index in [2.05, 4.69) is 20.3 Å². The third-order valence-corrected chi connectivity index (χ3v) is 4.84. The topological polar surface area (TPSA) is 158 Å². The second-order valence-corrected chi connectivity index (χ2v) is 6.92. The molecule has 1 amide bonds. The third-order valence-electron chi connectivity index (χ3n) is 4.84. The first-order valence-corrected chi connectivity index (χ1v) is 9.81. The second-order valence-electron chi connectivity index (χ2n) is 6.92. The molecule has 0 bridgehead atoms. The highest BCUT2D eigenvalue weighted by molar-refractivity contribution is 5.81. The second kappa shape index (κ2) is 9.44. The Bertz CT molecular complexity index is 844. The van der Waals surface area contributed by atoms with Crippen LogP contribution >= 0.6 is 0 Å². The van der Waals surface area contributed by atoms with Gasteiger partial charge >= 0.3 is 0 Å². The number of carbonyl (C=O) groups excluding carboxylic acids is 1. The van der Waals surface area contributed by atoms with Crippen LogP contribution in [0.3, 0.4) is 0 Å². The number of ether oxygens (including phenoxy) is 2. The van der Waals surface area contributed by atoms with Gasteiger partial charge in [0.15, 0.2) is 17.7 Å². The molecule has 2 aromatic rings. The molecule has 11 nitrogen and oxygen atoms in total. The van der Waals surface area contributed by atoms with Crippen LogP contribution in [0.4, 0.5) is 5.82 Å². The molecule has 1 aliphatic heterocycles. The van der Waals surface area contributed by atoms with Crippen LogP contribution in [0.25, 0.3) is 11.2 Å². The summed E-state index contributed by atoms with van der Waals surface area (Å²) in [5.74, 6) is 0.504. The fourth-order valence-electron chi connectivity index (χ4n) is 3.23. The Labute approximate surface area is 168 Å². The molecule has 5 N–H and O–H groups in total. The molecule has 29 heavy (non-hydrogen) atoms. The molecular formula is C18H28N6O5. The van der Waals surface area contributed by atoms with E-state index in [1.807, 2.05) is 13.8 Å². The van der Waals surface area contributed by atoms with Crippen LogP contribution in [0, 0.1) is 0 Å². The number of aromatic nitrogens is 4. The molecule has 11 heteroatoms. The summed E-state index contributed by atoms with van der Waals surface area (Å²) in [6.07, 6.45) is 0.164. The summed E-state index contributed by atoms with van der Waals surface area (Å²) < 4.78 is 13.1. The number of amides is 1. The van der Waals surface area contributed by atoms with Crippen molar-refractivity contribution in [1.82, 2.24) is 24.8 Å². The summed E-state index contributed by atoms with van der Waals surface area (Å²) in [5.41, 5.74) is 6.82. The lowest BCUT2D eigenvalue weighted by atomic mass is 10.1. The molecule has 0 saturated carbocycles. The number of nitrogens with two attached hydrogens (primary N) is 1. The maximum absolute atomic E-state index is 12.0. The van der Waals surface area contributed by atoms with Gasteiger partial charge in [0.25, 0.3) is 0 Å². The van der Waals surface area contributed by atoms with Crippen molar-refractivity contribution in [2.75, 3.05) is 25.5 Å². The molecular weight excluding hydrogens is 380 g/mol. The van der Waals surface area contributed by atoms with E-state index in [0.29, 0.717) is 30.0 Å². The number of rotatable bonds is 9. The van der Waals surface area contributed by atoms with Gasteiger partial charge in [0.05, 0.1) is 12.9 Å². The van der Waals surface area contributed by atoms with Crippen molar-refractivity contribution in [3.05, 3.63) is 12.2 Å². The minimum Gasteiger partial charge on any atom is -0.394 e. The molecule has 1 aliphatic rings. The van der Waals surface area contributed by atoms with Gasteiger partial charge in [-0.25, -0.2) is 15.0 Å². The standard InChI is InChI=1S/C18H28N6O5/c1-3-5-6-20-12(26)8-28-15-14(27)10(7-25)29-18(15)24-9-21-13-16(19)22-11(4-2)23-17(13)24/h9-10,14-15,18,25,27H,3-8H2,1-2H3,(H,20,26)(H2,19,22,23)/t10-,14?,15+,18-/m1/s1. The predicted octanol–water partition coefficient (Wildman–Crippen LogP) is -0.477. The van der Waals surface area contributed by atoms with E-state index in [-0.39, 0.29) is 18.3 Å². The quantitative estimate of drug-likeness (QED) is 0.402. The Morgan fingerprint density at radius 1 is 1.41 bits per heavy atom. The van der Waals surface area contributed by atoms with E-state index >= 15 is 0 Å². The largest absolute Gasteiger partial charge is 0.394 e. The lowest BCUT2D eigenvalue weighted by Crippen LogP contribution is -2.38. The zero-order valence-electron chi connectivity index (χ0n) is 16.6. The first-order chi connectivity index (χ1) is 14.0. The van der Waals surface area contributed by atoms with Crippen LogP contribution in [0.1, 0.15) is 38.7 Å². The molecule has 0 aromatic carbocycles. The summed E-state index contributed by atoms with van der Waals surface area (Å²) in [6.45, 7) is 3.86. The van der Waals surface area contributed by atoms with Crippen molar-refractivity contribution < 1.29 is 24.5 Å². The van der Waals surface area contributed by atoms with Gasteiger partial charge in [-0.1, -0.05) is 20.3 Å². The number of fused-ring (bicyclic) bond motifs is 1. The lowest BCUT2D eigenvalue weighted by Gasteiger charge is -2.22. The van der Waals surface area contributed by atoms with Crippen molar-refractivity contribution in [3.63, 3.8) is 0 Å². The number of hydrogen-bond donors (Lipinski definition) is 4. The van der Waals surface area contributed by atoms with Gasteiger partial charge in [-0.05, 0) is 6.42 Å². The first-order valence-electron chi connectivity index (χ1n) is 9.81. The Morgan fingerprint density at radius 3 is 2.90 bits per heavy atom. The molecule has 2 aromatic heterocycles. The Hall–Kier alpha value is -2.34. The van der Waals surface area contributed by atoms with E-state index in [4.69, 9.17) is 15.2 Å². The van der Waals surface area contributed by atoms with Crippen molar-refractivity contribution in [2.24, 2.45) is 0 Å². The number of imidazole rings is 1. The lowest BCUT2D eigenvalue weighted by molar-refractivity contribution is -0.132. The summed E-state index contributed by atoms with van der Waals surface area (Å²) in [7, 11) is 0. The average Bonchev–Trinajstić information content (AvgIpc) is 3.27. The number of nitrogen functional groups attached to an aromatic ring is 1. The minimum atomic E-state index is -1.13. The first kappa shape index (κ1) is 21.4. The van der Waals surface area contributed by atoms with Gasteiger partial charge in [0.1, 0.15) is 36.3 Å². The Balaban J connectivity index is 1.83. The predicted molar refractivity (Wildman–Crippen MR) is 104 cm³/mol. The summed E-state index contributed by atoms with van der Waals surface area (Å²) in [5, 5.41) is 22.8. The van der Waals surface area contributed by atoms with Gasteiger partial charge in [-0.15, -0.1) is 0 Å². The zero-order chi connectivity index (χ0) is 21.0. The molecule has 3 rings (SSSR count). The summed E-state index contributed by atoms with van der Waals surface area (Å²) >= 11 is 0. The number of unbranched alkanes of at least 4 members (excludes halogenated alkanes) is 1. The Kier molecular flexibility index (Phi) is 6.96. The fraction of sp³-hybridized carbons (Fsp3) is 0.667. The number of nitrogens with zero attached hydrogens (tertiary/aromatic N) is 4. The number of anilines is 1. The maximum Gasteiger partial charge on any atom is 0.246 e. The van der Waals surface area contributed by atoms with Gasteiger partial charge in [0, 0.05) is 13.0 Å². The van der Waals surface area contributed by atoms with Gasteiger partial charge < -0.3 is 30.7 Å². The number of aryl methyl sites for hydroxylation is 1. The van der Waals surface area contributed by atoms with Gasteiger partial charge in [-0.2, -0.15) is 0 Å². The SMILES string of the molecule is CCCCNC(=O)CO[C@H]1C(O)[C@@H](CO)O[C@H]1n1cnc2c(N)nc(CC)nc21. The summed E-state index contributed by atoms with van der Waals surface area (Å²) in [4.78, 5) is 24.9. The van der Waals surface area contributed by atoms with E-state index < -0.39 is 31.1 Å². The third kappa shape index (κ3) is 4.47. The monoisotopic (exact) mass is 408 g/mol. The zero-order valence-corrected chi connectivity index (χ0v) is 16.6. The molecule has 3 heterocycles. The summed E-state index contributed by atoms with van der Waals surface area (Å²) in [6, 6.07) is 0. The van der Waals surface area contributed by atoms with Crippen molar-refractivity contribution in [2.45, 2.75) is 57.6 Å². The average molecular weight is 408 g/mol. The highest BCUT2D eigenvalue weighted by Gasteiger charge is 2.46. The molecule has 1 fully saturated rings. The molecule has 160 valence electrons. The van der Waals surface area contributed by atoms with Crippen molar-refractivity contribution >= 4 is 22.9 Å². The molecule has 1 unspecified atom stereocenters. The molecule has 0 radical (unpaired) electrons. The highest BCUT2D eigenvalue weighted by atomic mass is 16.6. The van der Waals surface area contributed by atoms with Crippen LogP contribution in [0.5, 0.6) is 0 Å². The Morgan fingerprint density at radius 2 is 2.21 bits per heavy atom. The smallest absolute Gasteiger partial charge is 0.246 e. The van der Waals surface area contributed by atoms with Crippen LogP contribution in [-0.4, -0.2) is 73.7 Å². The highest BCUT2D eigenvalue weighted by Crippen LogP contribution is 2.34. The normalized spacial score (nSPS) is 24.3. The minimum absolute atomic E-state index is 0.243. The van der Waals surface area contributed by atoms with Crippen LogP contribution < -0.4 is 11.1 Å². The van der Waals surface area contributed by atoms with E-state index in [1.54, 1.807) is 4.57 Å². The van der Waals surface area contributed by atoms with Gasteiger partial charge in [-0.3, -0.25) is 9.36 Å². The van der Waals surface area contributed by atoms with Crippen molar-refractivity contribution in [3.8, 4) is 0 Å². The van der Waals surface area contributed by atoms with Gasteiger partial charge in [0.2, 0.25) is 5.91 Å². The van der Waals surface area contributed by atoms with Crippen LogP contribution in [0.2, 0.25) is 0 Å². The van der Waals surface area contributed by atoms with Crippen molar-refractivity contribution in [1.29, 1.82) is 0 Å².